The second-order valence-electron chi connectivity index (χ2n) is 7.64. The summed E-state index contributed by atoms with van der Waals surface area (Å²) in [6, 6.07) is 6.00. The maximum absolute atomic E-state index is 6.00. The first-order valence-electron chi connectivity index (χ1n) is 10.8. The van der Waals surface area contributed by atoms with Crippen LogP contribution in [0.5, 0.6) is 6.01 Å². The molecule has 0 spiro atoms. The fraction of sp³-hybridized carbons (Fsp3) is 0.524. The Hall–Kier alpha value is -3.02. The minimum absolute atomic E-state index is 0.284. The van der Waals surface area contributed by atoms with E-state index in [1.165, 1.54) is 0 Å². The molecule has 2 saturated heterocycles. The summed E-state index contributed by atoms with van der Waals surface area (Å²) in [4.78, 5) is 17.8. The van der Waals surface area contributed by atoms with Crippen molar-refractivity contribution in [2.45, 2.75) is 6.92 Å². The van der Waals surface area contributed by atoms with E-state index >= 15 is 0 Å². The summed E-state index contributed by atoms with van der Waals surface area (Å²) in [5, 5.41) is 4.27. The number of aromatic nitrogens is 3. The third-order valence-electron chi connectivity index (χ3n) is 5.23. The van der Waals surface area contributed by atoms with E-state index < -0.39 is 0 Å². The van der Waals surface area contributed by atoms with Crippen LogP contribution in [0, 0.1) is 6.92 Å². The van der Waals surface area contributed by atoms with E-state index in [0.29, 0.717) is 50.4 Å². The van der Waals surface area contributed by atoms with Gasteiger partial charge in [-0.2, -0.15) is 20.1 Å². The average molecular weight is 443 g/mol. The Morgan fingerprint density at radius 2 is 1.84 bits per heavy atom. The van der Waals surface area contributed by atoms with Crippen LogP contribution in [-0.2, 0) is 9.47 Å². The third-order valence-corrected chi connectivity index (χ3v) is 5.23. The van der Waals surface area contributed by atoms with Gasteiger partial charge in [-0.25, -0.2) is 0 Å². The summed E-state index contributed by atoms with van der Waals surface area (Å²) in [6.45, 7) is 9.30. The Labute approximate surface area is 187 Å². The molecule has 0 atom stereocenters. The van der Waals surface area contributed by atoms with Crippen molar-refractivity contribution in [2.24, 2.45) is 5.10 Å². The van der Waals surface area contributed by atoms with Crippen molar-refractivity contribution in [3.05, 3.63) is 29.6 Å². The first-order valence-corrected chi connectivity index (χ1v) is 10.8. The number of hydrogen-bond donors (Lipinski definition) is 2. The van der Waals surface area contributed by atoms with Crippen molar-refractivity contribution < 1.29 is 14.2 Å². The Kier molecular flexibility index (Phi) is 7.64. The molecule has 0 bridgehead atoms. The predicted octanol–water partition coefficient (Wildman–Crippen LogP) is 0.756. The number of hydrogen-bond acceptors (Lipinski definition) is 11. The van der Waals surface area contributed by atoms with Gasteiger partial charge in [-0.15, -0.1) is 0 Å². The largest absolute Gasteiger partial charge is 0.462 e. The van der Waals surface area contributed by atoms with Crippen LogP contribution in [0.3, 0.4) is 0 Å². The lowest BCUT2D eigenvalue weighted by Crippen LogP contribution is -2.39. The van der Waals surface area contributed by atoms with Crippen LogP contribution in [0.2, 0.25) is 0 Å². The highest BCUT2D eigenvalue weighted by molar-refractivity contribution is 5.77. The number of hydrazone groups is 1. The smallest absolute Gasteiger partial charge is 0.321 e. The van der Waals surface area contributed by atoms with Crippen molar-refractivity contribution in [2.75, 3.05) is 81.8 Å². The number of nitrogens with zero attached hydrogens (tertiary/aromatic N) is 6. The molecule has 1 aromatic heterocycles. The van der Waals surface area contributed by atoms with Gasteiger partial charge in [-0.05, 0) is 24.6 Å². The van der Waals surface area contributed by atoms with Crippen LogP contribution in [0.25, 0.3) is 0 Å². The van der Waals surface area contributed by atoms with Gasteiger partial charge in [0.15, 0.2) is 5.82 Å². The van der Waals surface area contributed by atoms with Crippen LogP contribution in [0.4, 0.5) is 17.3 Å². The fourth-order valence-corrected chi connectivity index (χ4v) is 3.41. The van der Waals surface area contributed by atoms with Gasteiger partial charge in [0.2, 0.25) is 5.95 Å². The van der Waals surface area contributed by atoms with Gasteiger partial charge in [-0.3, -0.25) is 10.3 Å². The van der Waals surface area contributed by atoms with Gasteiger partial charge in [0.25, 0.3) is 0 Å². The molecule has 172 valence electrons. The summed E-state index contributed by atoms with van der Waals surface area (Å²) >= 11 is 0. The first kappa shape index (κ1) is 22.2. The summed E-state index contributed by atoms with van der Waals surface area (Å²) in [6.07, 6.45) is 1.54. The van der Waals surface area contributed by atoms with E-state index in [9.17, 15) is 0 Å². The second kappa shape index (κ2) is 11.0. The molecule has 3 N–H and O–H groups in total. The van der Waals surface area contributed by atoms with Crippen LogP contribution in [-0.4, -0.2) is 91.8 Å². The van der Waals surface area contributed by atoms with E-state index in [0.717, 1.165) is 44.1 Å². The molecule has 32 heavy (non-hydrogen) atoms. The summed E-state index contributed by atoms with van der Waals surface area (Å²) in [5.74, 6) is 0.961. The maximum atomic E-state index is 6.00. The highest BCUT2D eigenvalue weighted by Crippen LogP contribution is 2.19. The number of aryl methyl sites for hydroxylation is 1. The van der Waals surface area contributed by atoms with Crippen LogP contribution >= 0.6 is 0 Å². The van der Waals surface area contributed by atoms with Crippen LogP contribution in [0.15, 0.2) is 23.3 Å². The summed E-state index contributed by atoms with van der Waals surface area (Å²) in [5.41, 5.74) is 11.4. The van der Waals surface area contributed by atoms with Crippen molar-refractivity contribution in [1.29, 1.82) is 0 Å². The van der Waals surface area contributed by atoms with Crippen molar-refractivity contribution >= 4 is 23.5 Å². The predicted molar refractivity (Wildman–Crippen MR) is 122 cm³/mol. The number of anilines is 3. The molecular formula is C21H30N8O3. The second-order valence-corrected chi connectivity index (χ2v) is 7.64. The molecule has 0 aliphatic carbocycles. The molecule has 4 rings (SSSR count). The lowest BCUT2D eigenvalue weighted by atomic mass is 10.2. The lowest BCUT2D eigenvalue weighted by Gasteiger charge is -2.27. The highest BCUT2D eigenvalue weighted by Gasteiger charge is 2.17. The van der Waals surface area contributed by atoms with Crippen LogP contribution < -0.4 is 20.8 Å². The van der Waals surface area contributed by atoms with E-state index in [-0.39, 0.29) is 6.01 Å². The number of nitrogens with one attached hydrogen (secondary N) is 1. The summed E-state index contributed by atoms with van der Waals surface area (Å²) in [7, 11) is 0. The Morgan fingerprint density at radius 1 is 1.09 bits per heavy atom. The molecule has 2 fully saturated rings. The highest BCUT2D eigenvalue weighted by atomic mass is 16.5. The van der Waals surface area contributed by atoms with E-state index in [1.54, 1.807) is 6.21 Å². The first-order chi connectivity index (χ1) is 15.7. The standard InChI is InChI=1S/C21H30N8O3/c1-16-2-3-17(22)18(14-16)27-23-15-19-24-20(29-7-11-31-12-8-29)26-21(25-19)32-13-6-28-4-9-30-10-5-28/h2-3,14-15,27H,4-13,22H2,1H3/b23-15+. The average Bonchev–Trinajstić information content (AvgIpc) is 2.82. The zero-order valence-corrected chi connectivity index (χ0v) is 18.4. The molecule has 1 aromatic carbocycles. The zero-order chi connectivity index (χ0) is 22.2. The molecule has 3 heterocycles. The fourth-order valence-electron chi connectivity index (χ4n) is 3.41. The molecule has 0 amide bonds. The number of rotatable bonds is 8. The molecule has 0 unspecified atom stereocenters. The summed E-state index contributed by atoms with van der Waals surface area (Å²) < 4.78 is 16.7. The Bertz CT molecular complexity index is 914. The number of ether oxygens (including phenoxy) is 3. The Morgan fingerprint density at radius 3 is 2.62 bits per heavy atom. The molecule has 2 aliphatic heterocycles. The van der Waals surface area contributed by atoms with Crippen molar-refractivity contribution in [3.63, 3.8) is 0 Å². The van der Waals surface area contributed by atoms with Gasteiger partial charge >= 0.3 is 6.01 Å². The van der Waals surface area contributed by atoms with Crippen molar-refractivity contribution in [1.82, 2.24) is 19.9 Å². The molecule has 0 saturated carbocycles. The van der Waals surface area contributed by atoms with Gasteiger partial charge in [0.1, 0.15) is 6.61 Å². The minimum atomic E-state index is 0.284. The van der Waals surface area contributed by atoms with E-state index in [2.05, 4.69) is 35.3 Å². The van der Waals surface area contributed by atoms with Crippen LogP contribution in [0.1, 0.15) is 11.4 Å². The normalized spacial score (nSPS) is 17.6. The third kappa shape index (κ3) is 6.25. The number of benzene rings is 1. The topological polar surface area (TPSA) is 123 Å². The van der Waals surface area contributed by atoms with Gasteiger partial charge in [0, 0.05) is 32.7 Å². The van der Waals surface area contributed by atoms with E-state index in [4.69, 9.17) is 19.9 Å². The minimum Gasteiger partial charge on any atom is -0.462 e. The number of nitrogen functional groups attached to an aromatic ring is 1. The molecular weight excluding hydrogens is 412 g/mol. The monoisotopic (exact) mass is 442 g/mol. The van der Waals surface area contributed by atoms with Gasteiger partial charge < -0.3 is 24.8 Å². The maximum Gasteiger partial charge on any atom is 0.321 e. The lowest BCUT2D eigenvalue weighted by molar-refractivity contribution is 0.0317. The number of nitrogens with two attached hydrogens (primary N) is 1. The molecule has 2 aliphatic rings. The van der Waals surface area contributed by atoms with Crippen molar-refractivity contribution in [3.8, 4) is 6.01 Å². The molecule has 11 heteroatoms. The molecule has 2 aromatic rings. The van der Waals surface area contributed by atoms with Gasteiger partial charge in [0.05, 0.1) is 44.0 Å². The quantitative estimate of drug-likeness (QED) is 0.344. The number of morpholine rings is 2. The van der Waals surface area contributed by atoms with Gasteiger partial charge in [-0.1, -0.05) is 6.07 Å². The van der Waals surface area contributed by atoms with E-state index in [1.807, 2.05) is 25.1 Å². The molecule has 0 radical (unpaired) electrons. The molecule has 11 nitrogen and oxygen atoms in total. The Balaban J connectivity index is 1.45. The SMILES string of the molecule is Cc1ccc(N)c(N/N=C/c2nc(OCCN3CCOCC3)nc(N3CCOCC3)n2)c1. The zero-order valence-electron chi connectivity index (χ0n) is 18.4.